The molecule has 3 N–H and O–H groups in total. The highest BCUT2D eigenvalue weighted by molar-refractivity contribution is 5.95. The second kappa shape index (κ2) is 9.21. The van der Waals surface area contributed by atoms with Gasteiger partial charge in [-0.15, -0.1) is 0 Å². The maximum absolute atomic E-state index is 12.6. The van der Waals surface area contributed by atoms with Gasteiger partial charge in [0.1, 0.15) is 0 Å². The van der Waals surface area contributed by atoms with Gasteiger partial charge in [0.2, 0.25) is 5.91 Å². The predicted molar refractivity (Wildman–Crippen MR) is 109 cm³/mol. The zero-order valence-corrected chi connectivity index (χ0v) is 15.6. The van der Waals surface area contributed by atoms with E-state index in [-0.39, 0.29) is 11.8 Å². The van der Waals surface area contributed by atoms with Crippen molar-refractivity contribution in [1.82, 2.24) is 4.90 Å². The average molecular weight is 365 g/mol. The molecule has 142 valence electrons. The van der Waals surface area contributed by atoms with E-state index in [2.05, 4.69) is 5.32 Å². The Morgan fingerprint density at radius 2 is 1.52 bits per heavy atom. The number of nitrogens with zero attached hydrogens (tertiary/aromatic N) is 1. The number of aryl methyl sites for hydroxylation is 1. The molecule has 0 atom stereocenters. The summed E-state index contributed by atoms with van der Waals surface area (Å²) < 4.78 is 0. The molecule has 1 aliphatic heterocycles. The normalized spacial score (nSPS) is 14.4. The molecule has 0 spiro atoms. The van der Waals surface area contributed by atoms with Crippen LogP contribution in [0, 0.1) is 0 Å². The van der Waals surface area contributed by atoms with Gasteiger partial charge in [-0.3, -0.25) is 9.59 Å². The van der Waals surface area contributed by atoms with Crippen LogP contribution in [0.15, 0.2) is 48.5 Å². The van der Waals surface area contributed by atoms with Gasteiger partial charge >= 0.3 is 0 Å². The molecule has 1 saturated heterocycles. The number of likely N-dealkylation sites (tertiary alicyclic amines) is 1. The summed E-state index contributed by atoms with van der Waals surface area (Å²) in [4.78, 5) is 26.7. The Bertz CT molecular complexity index is 761. The lowest BCUT2D eigenvalue weighted by Crippen LogP contribution is -2.31. The van der Waals surface area contributed by atoms with Gasteiger partial charge in [0.15, 0.2) is 0 Å². The SMILES string of the molecule is Nc1ccc(CCC(=O)Nc2ccc(C(=O)N3CCCCCC3)cc2)cc1. The Balaban J connectivity index is 1.51. The average Bonchev–Trinajstić information content (AvgIpc) is 2.97. The summed E-state index contributed by atoms with van der Waals surface area (Å²) >= 11 is 0. The molecule has 27 heavy (non-hydrogen) atoms. The maximum Gasteiger partial charge on any atom is 0.253 e. The first-order valence-electron chi connectivity index (χ1n) is 9.65. The summed E-state index contributed by atoms with van der Waals surface area (Å²) in [5.74, 6) is 0.0385. The molecular weight excluding hydrogens is 338 g/mol. The van der Waals surface area contributed by atoms with Crippen molar-refractivity contribution in [3.05, 3.63) is 59.7 Å². The summed E-state index contributed by atoms with van der Waals surface area (Å²) in [5.41, 5.74) is 8.86. The minimum atomic E-state index is -0.0431. The van der Waals surface area contributed by atoms with Crippen LogP contribution in [0.5, 0.6) is 0 Å². The monoisotopic (exact) mass is 365 g/mol. The molecule has 2 aromatic carbocycles. The summed E-state index contributed by atoms with van der Waals surface area (Å²) in [5, 5.41) is 2.89. The lowest BCUT2D eigenvalue weighted by atomic mass is 10.1. The van der Waals surface area contributed by atoms with Crippen molar-refractivity contribution >= 4 is 23.2 Å². The fraction of sp³-hybridized carbons (Fsp3) is 0.364. The smallest absolute Gasteiger partial charge is 0.253 e. The van der Waals surface area contributed by atoms with Crippen LogP contribution in [0.25, 0.3) is 0 Å². The van der Waals surface area contributed by atoms with Gasteiger partial charge in [-0.1, -0.05) is 25.0 Å². The first-order chi connectivity index (χ1) is 13.1. The molecule has 1 aliphatic rings. The first kappa shape index (κ1) is 19.0. The van der Waals surface area contributed by atoms with E-state index in [1.54, 1.807) is 24.3 Å². The van der Waals surface area contributed by atoms with Crippen molar-refractivity contribution in [3.8, 4) is 0 Å². The van der Waals surface area contributed by atoms with Crippen LogP contribution in [0.3, 0.4) is 0 Å². The Morgan fingerprint density at radius 1 is 0.889 bits per heavy atom. The molecule has 0 aromatic heterocycles. The Labute approximate surface area is 160 Å². The number of anilines is 2. The van der Waals surface area contributed by atoms with Crippen LogP contribution < -0.4 is 11.1 Å². The van der Waals surface area contributed by atoms with Crippen LogP contribution in [-0.2, 0) is 11.2 Å². The van der Waals surface area contributed by atoms with Gasteiger partial charge in [0, 0.05) is 36.4 Å². The van der Waals surface area contributed by atoms with E-state index >= 15 is 0 Å². The number of nitrogens with one attached hydrogen (secondary N) is 1. The molecule has 1 heterocycles. The minimum Gasteiger partial charge on any atom is -0.399 e. The maximum atomic E-state index is 12.6. The van der Waals surface area contributed by atoms with E-state index in [4.69, 9.17) is 5.73 Å². The standard InChI is InChI=1S/C22H27N3O2/c23-19-10-5-17(6-11-19)7-14-21(26)24-20-12-8-18(9-13-20)22(27)25-15-3-1-2-4-16-25/h5-6,8-13H,1-4,7,14-16,23H2,(H,24,26). The molecule has 2 amide bonds. The van der Waals surface area contributed by atoms with Crippen LogP contribution in [-0.4, -0.2) is 29.8 Å². The number of rotatable bonds is 5. The summed E-state index contributed by atoms with van der Waals surface area (Å²) in [6.07, 6.45) is 5.62. The largest absolute Gasteiger partial charge is 0.399 e. The van der Waals surface area contributed by atoms with Gasteiger partial charge in [0.05, 0.1) is 0 Å². The molecule has 1 fully saturated rings. The summed E-state index contributed by atoms with van der Waals surface area (Å²) in [7, 11) is 0. The number of amides is 2. The Hall–Kier alpha value is -2.82. The van der Waals surface area contributed by atoms with Crippen LogP contribution in [0.2, 0.25) is 0 Å². The van der Waals surface area contributed by atoms with Crippen molar-refractivity contribution in [2.75, 3.05) is 24.1 Å². The van der Waals surface area contributed by atoms with Gasteiger partial charge in [-0.2, -0.15) is 0 Å². The van der Waals surface area contributed by atoms with E-state index in [0.717, 1.165) is 37.2 Å². The van der Waals surface area contributed by atoms with Crippen LogP contribution in [0.4, 0.5) is 11.4 Å². The highest BCUT2D eigenvalue weighted by Gasteiger charge is 2.17. The van der Waals surface area contributed by atoms with Gasteiger partial charge in [-0.05, 0) is 61.2 Å². The summed E-state index contributed by atoms with van der Waals surface area (Å²) in [6.45, 7) is 1.67. The van der Waals surface area contributed by atoms with Crippen molar-refractivity contribution in [2.45, 2.75) is 38.5 Å². The fourth-order valence-corrected chi connectivity index (χ4v) is 3.32. The van der Waals surface area contributed by atoms with E-state index in [9.17, 15) is 9.59 Å². The third-order valence-corrected chi connectivity index (χ3v) is 4.93. The molecule has 0 aliphatic carbocycles. The van der Waals surface area contributed by atoms with E-state index < -0.39 is 0 Å². The number of carbonyl (C=O) groups excluding carboxylic acids is 2. The molecule has 0 unspecified atom stereocenters. The number of hydrogen-bond donors (Lipinski definition) is 2. The van der Waals surface area contributed by atoms with Crippen molar-refractivity contribution in [2.24, 2.45) is 0 Å². The molecule has 5 heteroatoms. The Kier molecular flexibility index (Phi) is 6.47. The van der Waals surface area contributed by atoms with Crippen molar-refractivity contribution in [1.29, 1.82) is 0 Å². The number of nitrogens with two attached hydrogens (primary N) is 1. The van der Waals surface area contributed by atoms with Gasteiger partial charge < -0.3 is 16.0 Å². The minimum absolute atomic E-state index is 0.0431. The molecule has 0 radical (unpaired) electrons. The highest BCUT2D eigenvalue weighted by Crippen LogP contribution is 2.16. The lowest BCUT2D eigenvalue weighted by Gasteiger charge is -2.20. The second-order valence-corrected chi connectivity index (χ2v) is 7.07. The number of carbonyl (C=O) groups is 2. The van der Waals surface area contributed by atoms with Gasteiger partial charge in [0.25, 0.3) is 5.91 Å². The number of nitrogen functional groups attached to an aromatic ring is 1. The van der Waals surface area contributed by atoms with E-state index in [1.807, 2.05) is 29.2 Å². The Morgan fingerprint density at radius 3 is 2.15 bits per heavy atom. The molecule has 0 saturated carbocycles. The predicted octanol–water partition coefficient (Wildman–Crippen LogP) is 3.86. The van der Waals surface area contributed by atoms with Crippen LogP contribution in [0.1, 0.15) is 48.0 Å². The number of hydrogen-bond acceptors (Lipinski definition) is 3. The first-order valence-corrected chi connectivity index (χ1v) is 9.65. The van der Waals surface area contributed by atoms with Crippen molar-refractivity contribution in [3.63, 3.8) is 0 Å². The molecule has 0 bridgehead atoms. The molecule has 5 nitrogen and oxygen atoms in total. The molecule has 2 aromatic rings. The fourth-order valence-electron chi connectivity index (χ4n) is 3.32. The third-order valence-electron chi connectivity index (χ3n) is 4.93. The highest BCUT2D eigenvalue weighted by atomic mass is 16.2. The van der Waals surface area contributed by atoms with E-state index in [0.29, 0.717) is 24.1 Å². The number of benzene rings is 2. The zero-order chi connectivity index (χ0) is 19.1. The van der Waals surface area contributed by atoms with Crippen LogP contribution >= 0.6 is 0 Å². The zero-order valence-electron chi connectivity index (χ0n) is 15.6. The quantitative estimate of drug-likeness (QED) is 0.790. The lowest BCUT2D eigenvalue weighted by molar-refractivity contribution is -0.116. The van der Waals surface area contributed by atoms with Crippen molar-refractivity contribution < 1.29 is 9.59 Å². The third kappa shape index (κ3) is 5.58. The summed E-state index contributed by atoms with van der Waals surface area (Å²) in [6, 6.07) is 14.7. The van der Waals surface area contributed by atoms with Gasteiger partial charge in [-0.25, -0.2) is 0 Å². The van der Waals surface area contributed by atoms with E-state index in [1.165, 1.54) is 12.8 Å². The topological polar surface area (TPSA) is 75.4 Å². The second-order valence-electron chi connectivity index (χ2n) is 7.07. The molecule has 3 rings (SSSR count). The molecular formula is C22H27N3O2.